The van der Waals surface area contributed by atoms with Crippen molar-refractivity contribution in [3.63, 3.8) is 0 Å². The lowest BCUT2D eigenvalue weighted by molar-refractivity contribution is 0.633. The van der Waals surface area contributed by atoms with E-state index in [9.17, 15) is 9.59 Å². The first-order chi connectivity index (χ1) is 10.1. The quantitative estimate of drug-likeness (QED) is 0.778. The van der Waals surface area contributed by atoms with Crippen molar-refractivity contribution in [2.75, 3.05) is 17.6 Å². The second-order valence-electron chi connectivity index (χ2n) is 5.24. The molecule has 0 saturated heterocycles. The number of fused-ring (bicyclic) bond motifs is 1. The summed E-state index contributed by atoms with van der Waals surface area (Å²) in [5.74, 6) is 0.570. The highest BCUT2D eigenvalue weighted by molar-refractivity contribution is 5.60. The molecule has 21 heavy (non-hydrogen) atoms. The first-order valence-corrected chi connectivity index (χ1v) is 7.06. The Labute approximate surface area is 121 Å². The van der Waals surface area contributed by atoms with Gasteiger partial charge in [-0.15, -0.1) is 0 Å². The first-order valence-electron chi connectivity index (χ1n) is 7.06. The predicted octanol–water partition coefficient (Wildman–Crippen LogP) is 0.890. The summed E-state index contributed by atoms with van der Waals surface area (Å²) in [6, 6.07) is 8.27. The van der Waals surface area contributed by atoms with Crippen LogP contribution >= 0.6 is 0 Å². The first kappa shape index (κ1) is 13.5. The molecule has 1 aliphatic carbocycles. The largest absolute Gasteiger partial charge is 0.383 e. The number of nitrogens with zero attached hydrogens (tertiary/aromatic N) is 1. The Bertz CT molecular complexity index is 791. The monoisotopic (exact) mass is 286 g/mol. The van der Waals surface area contributed by atoms with Crippen LogP contribution in [0.2, 0.25) is 0 Å². The van der Waals surface area contributed by atoms with Crippen molar-refractivity contribution >= 4 is 11.5 Å². The van der Waals surface area contributed by atoms with Crippen LogP contribution in [0, 0.1) is 0 Å². The smallest absolute Gasteiger partial charge is 0.330 e. The second-order valence-corrected chi connectivity index (χ2v) is 5.24. The SMILES string of the molecule is CCn1c(N)c(NCC2Cc3ccccc32)c(=O)[nH]c1=O. The van der Waals surface area contributed by atoms with E-state index >= 15 is 0 Å². The molecule has 2 aromatic rings. The van der Waals surface area contributed by atoms with Crippen LogP contribution in [0.4, 0.5) is 11.5 Å². The number of hydrogen-bond donors (Lipinski definition) is 3. The lowest BCUT2D eigenvalue weighted by atomic mass is 9.77. The molecule has 1 aromatic heterocycles. The number of rotatable bonds is 4. The van der Waals surface area contributed by atoms with E-state index in [-0.39, 0.29) is 11.5 Å². The highest BCUT2D eigenvalue weighted by atomic mass is 16.2. The number of H-pyrrole nitrogens is 1. The molecule has 0 spiro atoms. The molecule has 110 valence electrons. The Hall–Kier alpha value is -2.50. The van der Waals surface area contributed by atoms with Crippen LogP contribution < -0.4 is 22.3 Å². The van der Waals surface area contributed by atoms with E-state index in [1.807, 2.05) is 19.1 Å². The van der Waals surface area contributed by atoms with Crippen molar-refractivity contribution in [2.24, 2.45) is 0 Å². The van der Waals surface area contributed by atoms with Crippen LogP contribution in [0.15, 0.2) is 33.9 Å². The van der Waals surface area contributed by atoms with Crippen molar-refractivity contribution in [1.29, 1.82) is 0 Å². The zero-order valence-electron chi connectivity index (χ0n) is 11.8. The summed E-state index contributed by atoms with van der Waals surface area (Å²) in [7, 11) is 0. The summed E-state index contributed by atoms with van der Waals surface area (Å²) < 4.78 is 1.35. The second kappa shape index (κ2) is 5.12. The van der Waals surface area contributed by atoms with Crippen LogP contribution in [0.1, 0.15) is 24.0 Å². The number of nitrogens with one attached hydrogen (secondary N) is 2. The lowest BCUT2D eigenvalue weighted by Crippen LogP contribution is -2.35. The van der Waals surface area contributed by atoms with Gasteiger partial charge in [-0.1, -0.05) is 24.3 Å². The minimum absolute atomic E-state index is 0.193. The fourth-order valence-electron chi connectivity index (χ4n) is 2.84. The number of nitrogens with two attached hydrogens (primary N) is 1. The maximum Gasteiger partial charge on any atom is 0.330 e. The molecule has 6 nitrogen and oxygen atoms in total. The van der Waals surface area contributed by atoms with E-state index in [1.54, 1.807) is 0 Å². The van der Waals surface area contributed by atoms with Gasteiger partial charge in [0.05, 0.1) is 0 Å². The molecular weight excluding hydrogens is 268 g/mol. The number of nitrogen functional groups attached to an aromatic ring is 1. The molecule has 1 aromatic carbocycles. The molecule has 6 heteroatoms. The van der Waals surface area contributed by atoms with Gasteiger partial charge in [-0.2, -0.15) is 0 Å². The molecule has 0 amide bonds. The Morgan fingerprint density at radius 1 is 1.38 bits per heavy atom. The van der Waals surface area contributed by atoms with Crippen LogP contribution in [0.25, 0.3) is 0 Å². The van der Waals surface area contributed by atoms with Crippen molar-refractivity contribution in [3.8, 4) is 0 Å². The number of aromatic nitrogens is 2. The van der Waals surface area contributed by atoms with E-state index < -0.39 is 11.2 Å². The molecule has 1 unspecified atom stereocenters. The van der Waals surface area contributed by atoms with Gasteiger partial charge >= 0.3 is 5.69 Å². The van der Waals surface area contributed by atoms with Crippen molar-refractivity contribution in [2.45, 2.75) is 25.8 Å². The molecule has 1 atom stereocenters. The van der Waals surface area contributed by atoms with Crippen LogP contribution in [0.5, 0.6) is 0 Å². The van der Waals surface area contributed by atoms with Gasteiger partial charge in [0.25, 0.3) is 5.56 Å². The standard InChI is InChI=1S/C15H18N4O2/c1-2-19-13(16)12(14(20)18-15(19)21)17-8-10-7-9-5-3-4-6-11(9)10/h3-6,10,17H,2,7-8,16H2,1H3,(H,18,20,21). The fourth-order valence-corrected chi connectivity index (χ4v) is 2.84. The third-order valence-corrected chi connectivity index (χ3v) is 4.04. The van der Waals surface area contributed by atoms with Gasteiger partial charge in [-0.05, 0) is 24.5 Å². The van der Waals surface area contributed by atoms with Gasteiger partial charge in [0, 0.05) is 19.0 Å². The molecule has 0 saturated carbocycles. The Kier molecular flexibility index (Phi) is 3.29. The maximum absolute atomic E-state index is 11.9. The highest BCUT2D eigenvalue weighted by Crippen LogP contribution is 2.34. The van der Waals surface area contributed by atoms with E-state index in [4.69, 9.17) is 5.73 Å². The topological polar surface area (TPSA) is 92.9 Å². The molecule has 1 heterocycles. The minimum Gasteiger partial charge on any atom is -0.383 e. The van der Waals surface area contributed by atoms with Gasteiger partial charge in [-0.3, -0.25) is 14.3 Å². The zero-order chi connectivity index (χ0) is 15.0. The third-order valence-electron chi connectivity index (χ3n) is 4.04. The molecule has 3 rings (SSSR count). The van der Waals surface area contributed by atoms with Crippen molar-refractivity contribution in [3.05, 3.63) is 56.2 Å². The van der Waals surface area contributed by atoms with E-state index in [1.165, 1.54) is 15.7 Å². The molecule has 1 aliphatic rings. The van der Waals surface area contributed by atoms with Crippen molar-refractivity contribution < 1.29 is 0 Å². The zero-order valence-corrected chi connectivity index (χ0v) is 11.8. The summed E-state index contributed by atoms with van der Waals surface area (Å²) >= 11 is 0. The van der Waals surface area contributed by atoms with E-state index in [0.29, 0.717) is 19.0 Å². The number of benzene rings is 1. The Morgan fingerprint density at radius 3 is 2.86 bits per heavy atom. The number of aromatic amines is 1. The number of hydrogen-bond acceptors (Lipinski definition) is 4. The summed E-state index contributed by atoms with van der Waals surface area (Å²) in [5, 5.41) is 3.10. The molecule has 0 aliphatic heterocycles. The van der Waals surface area contributed by atoms with Crippen LogP contribution in [-0.2, 0) is 13.0 Å². The molecule has 0 bridgehead atoms. The fraction of sp³-hybridized carbons (Fsp3) is 0.333. The number of anilines is 2. The van der Waals surface area contributed by atoms with E-state index in [0.717, 1.165) is 6.42 Å². The van der Waals surface area contributed by atoms with Gasteiger partial charge in [-0.25, -0.2) is 4.79 Å². The predicted molar refractivity (Wildman–Crippen MR) is 82.8 cm³/mol. The minimum atomic E-state index is -0.473. The molecule has 4 N–H and O–H groups in total. The van der Waals surface area contributed by atoms with Crippen LogP contribution in [-0.4, -0.2) is 16.1 Å². The Balaban J connectivity index is 1.81. The highest BCUT2D eigenvalue weighted by Gasteiger charge is 2.25. The summed E-state index contributed by atoms with van der Waals surface area (Å²) in [6.45, 7) is 2.86. The normalized spacial score (nSPS) is 16.1. The molecular formula is C15H18N4O2. The molecule has 0 fully saturated rings. The van der Waals surface area contributed by atoms with E-state index in [2.05, 4.69) is 22.4 Å². The summed E-state index contributed by atoms with van der Waals surface area (Å²) in [6.07, 6.45) is 0.994. The van der Waals surface area contributed by atoms with Gasteiger partial charge in [0.2, 0.25) is 0 Å². The average Bonchev–Trinajstić information content (AvgIpc) is 2.43. The van der Waals surface area contributed by atoms with Gasteiger partial charge in [0.1, 0.15) is 11.5 Å². The summed E-state index contributed by atoms with van der Waals surface area (Å²) in [5.41, 5.74) is 7.92. The maximum atomic E-state index is 11.9. The Morgan fingerprint density at radius 2 is 2.14 bits per heavy atom. The molecule has 0 radical (unpaired) electrons. The van der Waals surface area contributed by atoms with Gasteiger partial charge < -0.3 is 11.1 Å². The average molecular weight is 286 g/mol. The third kappa shape index (κ3) is 2.22. The van der Waals surface area contributed by atoms with Gasteiger partial charge in [0.15, 0.2) is 0 Å². The van der Waals surface area contributed by atoms with Crippen molar-refractivity contribution in [1.82, 2.24) is 9.55 Å². The summed E-state index contributed by atoms with van der Waals surface area (Å²) in [4.78, 5) is 25.8. The van der Waals surface area contributed by atoms with Crippen LogP contribution in [0.3, 0.4) is 0 Å². The lowest BCUT2D eigenvalue weighted by Gasteiger charge is -2.30.